The van der Waals surface area contributed by atoms with Gasteiger partial charge in [0.15, 0.2) is 0 Å². The van der Waals surface area contributed by atoms with Gasteiger partial charge in [0, 0.05) is 21.2 Å². The van der Waals surface area contributed by atoms with E-state index in [1.165, 1.54) is 16.1 Å². The summed E-state index contributed by atoms with van der Waals surface area (Å²) in [5.74, 6) is -1.16. The minimum Gasteiger partial charge on any atom is -0.497 e. The summed E-state index contributed by atoms with van der Waals surface area (Å²) in [6.45, 7) is 1.78. The Morgan fingerprint density at radius 2 is 1.77 bits per heavy atom. The zero-order valence-electron chi connectivity index (χ0n) is 19.3. The van der Waals surface area contributed by atoms with Gasteiger partial charge < -0.3 is 9.84 Å². The maximum Gasteiger partial charge on any atom is 0.308 e. The van der Waals surface area contributed by atoms with Crippen LogP contribution in [0, 0.1) is 12.8 Å². The zero-order chi connectivity index (χ0) is 25.2. The van der Waals surface area contributed by atoms with Gasteiger partial charge in [0.2, 0.25) is 10.0 Å². The highest BCUT2D eigenvalue weighted by Crippen LogP contribution is 2.44. The number of sulfonamides is 1. The number of ether oxygens (including phenoxy) is 1. The average Bonchev–Trinajstić information content (AvgIpc) is 2.84. The molecule has 0 bridgehead atoms. The van der Waals surface area contributed by atoms with E-state index in [9.17, 15) is 18.3 Å². The normalized spacial score (nSPS) is 20.9. The van der Waals surface area contributed by atoms with E-state index in [0.717, 1.165) is 26.2 Å². The molecule has 3 aromatic rings. The van der Waals surface area contributed by atoms with Crippen LogP contribution in [0.4, 0.5) is 0 Å². The van der Waals surface area contributed by atoms with Gasteiger partial charge in [0.05, 0.1) is 24.0 Å². The third-order valence-corrected chi connectivity index (χ3v) is 9.90. The van der Waals surface area contributed by atoms with Crippen LogP contribution in [0.15, 0.2) is 87.1 Å². The maximum atomic E-state index is 13.8. The van der Waals surface area contributed by atoms with E-state index in [1.807, 2.05) is 55.5 Å². The quantitative estimate of drug-likeness (QED) is 0.385. The molecule has 3 aromatic carbocycles. The summed E-state index contributed by atoms with van der Waals surface area (Å²) >= 11 is 4.95. The highest BCUT2D eigenvalue weighted by atomic mass is 79.9. The number of halogens is 1. The molecule has 0 spiro atoms. The van der Waals surface area contributed by atoms with Crippen LogP contribution in [0.3, 0.4) is 0 Å². The van der Waals surface area contributed by atoms with Crippen molar-refractivity contribution in [1.29, 1.82) is 0 Å². The van der Waals surface area contributed by atoms with Crippen LogP contribution in [-0.4, -0.2) is 42.7 Å². The van der Waals surface area contributed by atoms with Gasteiger partial charge in [0.25, 0.3) is 0 Å². The molecule has 1 aliphatic rings. The predicted octanol–water partition coefficient (Wildman–Crippen LogP) is 5.76. The molecule has 9 heteroatoms. The van der Waals surface area contributed by atoms with Crippen molar-refractivity contribution >= 4 is 43.7 Å². The highest BCUT2D eigenvalue weighted by Gasteiger charge is 2.45. The van der Waals surface area contributed by atoms with Crippen molar-refractivity contribution in [2.45, 2.75) is 34.4 Å². The molecule has 0 aromatic heterocycles. The molecule has 0 aliphatic carbocycles. The van der Waals surface area contributed by atoms with Gasteiger partial charge in [-0.05, 0) is 67.4 Å². The molecule has 1 fully saturated rings. The fraction of sp³-hybridized carbons (Fsp3) is 0.269. The van der Waals surface area contributed by atoms with Gasteiger partial charge in [-0.3, -0.25) is 4.79 Å². The number of piperidine rings is 1. The summed E-state index contributed by atoms with van der Waals surface area (Å²) in [6.07, 6.45) is 0.356. The third kappa shape index (κ3) is 5.74. The molecule has 1 saturated heterocycles. The van der Waals surface area contributed by atoms with Crippen molar-refractivity contribution in [3.05, 3.63) is 88.4 Å². The minimum atomic E-state index is -3.93. The first kappa shape index (κ1) is 25.8. The number of carbonyl (C=O) groups is 1. The zero-order valence-corrected chi connectivity index (χ0v) is 22.5. The molecule has 184 valence electrons. The molecule has 1 heterocycles. The third-order valence-electron chi connectivity index (χ3n) is 6.15. The Bertz CT molecular complexity index is 1300. The number of rotatable bonds is 7. The van der Waals surface area contributed by atoms with E-state index in [0.29, 0.717) is 6.42 Å². The van der Waals surface area contributed by atoms with Crippen LogP contribution in [0.5, 0.6) is 5.75 Å². The number of carboxylic acid groups (broad SMARTS) is 1. The summed E-state index contributed by atoms with van der Waals surface area (Å²) < 4.78 is 35.0. The Morgan fingerprint density at radius 3 is 2.37 bits per heavy atom. The lowest BCUT2D eigenvalue weighted by Gasteiger charge is -2.41. The van der Waals surface area contributed by atoms with E-state index in [4.69, 9.17) is 4.74 Å². The number of benzene rings is 3. The van der Waals surface area contributed by atoms with Crippen molar-refractivity contribution in [2.75, 3.05) is 13.7 Å². The van der Waals surface area contributed by atoms with Gasteiger partial charge in [-0.15, -0.1) is 11.8 Å². The lowest BCUT2D eigenvalue weighted by Crippen LogP contribution is -2.49. The lowest BCUT2D eigenvalue weighted by molar-refractivity contribution is -0.143. The van der Waals surface area contributed by atoms with Gasteiger partial charge >= 0.3 is 5.97 Å². The second-order valence-corrected chi connectivity index (χ2v) is 12.6. The molecule has 0 saturated carbocycles. The van der Waals surface area contributed by atoms with E-state index in [-0.39, 0.29) is 16.7 Å². The second kappa shape index (κ2) is 10.7. The van der Waals surface area contributed by atoms with Crippen molar-refractivity contribution < 1.29 is 23.1 Å². The Morgan fingerprint density at radius 1 is 1.09 bits per heavy atom. The second-order valence-electron chi connectivity index (χ2n) is 8.47. The topological polar surface area (TPSA) is 83.9 Å². The van der Waals surface area contributed by atoms with Crippen LogP contribution < -0.4 is 4.74 Å². The Kier molecular flexibility index (Phi) is 7.90. The van der Waals surface area contributed by atoms with Crippen molar-refractivity contribution in [3.63, 3.8) is 0 Å². The first-order valence-corrected chi connectivity index (χ1v) is 14.2. The number of carboxylic acids is 1. The van der Waals surface area contributed by atoms with Gasteiger partial charge in [-0.2, -0.15) is 4.31 Å². The number of thioether (sulfide) groups is 1. The SMILES string of the molecule is COc1ccc(S[C@@H]2C[C@@H](c3cccc(Br)c3)N(S(=O)(=O)c3ccc(C)cc3)C[C@H]2C(=O)O)cc1. The summed E-state index contributed by atoms with van der Waals surface area (Å²) in [4.78, 5) is 13.4. The Balaban J connectivity index is 1.74. The first-order chi connectivity index (χ1) is 16.7. The number of aliphatic carboxylic acids is 1. The van der Waals surface area contributed by atoms with Crippen LogP contribution in [0.25, 0.3) is 0 Å². The molecule has 0 unspecified atom stereocenters. The maximum absolute atomic E-state index is 13.8. The molecule has 1 aliphatic heterocycles. The molecule has 0 radical (unpaired) electrons. The molecule has 1 N–H and O–H groups in total. The summed E-state index contributed by atoms with van der Waals surface area (Å²) in [5.41, 5.74) is 1.77. The molecule has 4 rings (SSSR count). The summed E-state index contributed by atoms with van der Waals surface area (Å²) in [6, 6.07) is 21.2. The van der Waals surface area contributed by atoms with E-state index in [2.05, 4.69) is 15.9 Å². The van der Waals surface area contributed by atoms with Gasteiger partial charge in [-0.25, -0.2) is 8.42 Å². The lowest BCUT2D eigenvalue weighted by atomic mass is 9.90. The van der Waals surface area contributed by atoms with Crippen LogP contribution in [0.1, 0.15) is 23.6 Å². The van der Waals surface area contributed by atoms with Crippen molar-refractivity contribution in [2.24, 2.45) is 5.92 Å². The van der Waals surface area contributed by atoms with Crippen molar-refractivity contribution in [1.82, 2.24) is 4.31 Å². The van der Waals surface area contributed by atoms with Gasteiger partial charge in [-0.1, -0.05) is 45.8 Å². The molecule has 0 amide bonds. The summed E-state index contributed by atoms with van der Waals surface area (Å²) in [5, 5.41) is 9.77. The predicted molar refractivity (Wildman–Crippen MR) is 140 cm³/mol. The number of aryl methyl sites for hydroxylation is 1. The average molecular weight is 577 g/mol. The number of hydrogen-bond donors (Lipinski definition) is 1. The molecular weight excluding hydrogens is 550 g/mol. The molecule has 3 atom stereocenters. The van der Waals surface area contributed by atoms with E-state index < -0.39 is 28.0 Å². The van der Waals surface area contributed by atoms with Crippen molar-refractivity contribution in [3.8, 4) is 5.75 Å². The first-order valence-electron chi connectivity index (χ1n) is 11.1. The fourth-order valence-electron chi connectivity index (χ4n) is 4.26. The smallest absolute Gasteiger partial charge is 0.308 e. The van der Waals surface area contributed by atoms with Crippen LogP contribution in [-0.2, 0) is 14.8 Å². The van der Waals surface area contributed by atoms with Gasteiger partial charge in [0.1, 0.15) is 5.75 Å². The Labute approximate surface area is 218 Å². The number of nitrogens with zero attached hydrogens (tertiary/aromatic N) is 1. The standard InChI is InChI=1S/C26H26BrNO5S2/c1-17-6-12-22(13-7-17)35(31,32)28-16-23(26(29)30)25(34-21-10-8-20(33-2)9-11-21)15-24(28)18-4-3-5-19(27)14-18/h3-14,23-25H,15-16H2,1-2H3,(H,29,30)/t23-,24+,25-/m1/s1. The van der Waals surface area contributed by atoms with Crippen LogP contribution >= 0.6 is 27.7 Å². The Hall–Kier alpha value is -2.33. The number of methoxy groups -OCH3 is 1. The molecular formula is C26H26BrNO5S2. The monoisotopic (exact) mass is 575 g/mol. The minimum absolute atomic E-state index is 0.115. The van der Waals surface area contributed by atoms with E-state index >= 15 is 0 Å². The largest absolute Gasteiger partial charge is 0.497 e. The summed E-state index contributed by atoms with van der Waals surface area (Å²) in [7, 11) is -2.34. The highest BCUT2D eigenvalue weighted by molar-refractivity contribution is 9.10. The molecule has 35 heavy (non-hydrogen) atoms. The number of hydrogen-bond acceptors (Lipinski definition) is 5. The van der Waals surface area contributed by atoms with E-state index in [1.54, 1.807) is 31.4 Å². The van der Waals surface area contributed by atoms with Crippen LogP contribution in [0.2, 0.25) is 0 Å². The fourth-order valence-corrected chi connectivity index (χ4v) is 7.62. The molecule has 6 nitrogen and oxygen atoms in total.